The van der Waals surface area contributed by atoms with E-state index in [1.54, 1.807) is 12.1 Å². The van der Waals surface area contributed by atoms with Crippen molar-refractivity contribution in [2.24, 2.45) is 0 Å². The molecule has 0 spiro atoms. The number of fused-ring (bicyclic) bond motifs is 1. The van der Waals surface area contributed by atoms with Crippen molar-refractivity contribution in [2.45, 2.75) is 102 Å². The predicted octanol–water partition coefficient (Wildman–Crippen LogP) is 6.15. The molecular formula is C22H37Cl2NO5Si2. The van der Waals surface area contributed by atoms with E-state index in [0.717, 1.165) is 0 Å². The highest BCUT2D eigenvalue weighted by atomic mass is 35.5. The second kappa shape index (κ2) is 9.91. The Kier molecular flexibility index (Phi) is 8.23. The van der Waals surface area contributed by atoms with E-state index in [4.69, 9.17) is 40.9 Å². The van der Waals surface area contributed by atoms with Gasteiger partial charge in [-0.3, -0.25) is 0 Å². The Morgan fingerprint density at radius 3 is 2.00 bits per heavy atom. The summed E-state index contributed by atoms with van der Waals surface area (Å²) in [5, 5.41) is 11.9. The summed E-state index contributed by atoms with van der Waals surface area (Å²) >= 11 is 12.3. The second-order valence-corrected chi connectivity index (χ2v) is 19.7. The van der Waals surface area contributed by atoms with Crippen molar-refractivity contribution in [3.05, 3.63) is 28.0 Å². The van der Waals surface area contributed by atoms with Crippen molar-refractivity contribution in [1.29, 1.82) is 0 Å². The molecular weight excluding hydrogens is 485 g/mol. The summed E-state index contributed by atoms with van der Waals surface area (Å²) in [5.74, 6) is 0. The molecule has 10 heteroatoms. The molecule has 0 saturated carbocycles. The molecule has 0 aromatic carbocycles. The van der Waals surface area contributed by atoms with Crippen LogP contribution in [-0.4, -0.2) is 52.1 Å². The highest BCUT2D eigenvalue weighted by molar-refractivity contribution is 6.84. The van der Waals surface area contributed by atoms with Crippen molar-refractivity contribution in [1.82, 2.24) is 4.98 Å². The summed E-state index contributed by atoms with van der Waals surface area (Å²) < 4.78 is 27.1. The van der Waals surface area contributed by atoms with Gasteiger partial charge in [0, 0.05) is 5.56 Å². The number of nitrogens with zero attached hydrogens (tertiary/aromatic N) is 1. The Morgan fingerprint density at radius 2 is 1.50 bits per heavy atom. The first-order chi connectivity index (χ1) is 14.9. The molecule has 0 bridgehead atoms. The van der Waals surface area contributed by atoms with E-state index in [9.17, 15) is 5.11 Å². The topological polar surface area (TPSA) is 70.0 Å². The minimum Gasteiger partial charge on any atom is -0.414 e. The zero-order chi connectivity index (χ0) is 24.0. The SMILES string of the molecule is CC(C)[Si]1(C(C)C)OCC2OC(c3ccc(Cl)nc3Cl)C(O)C2O[Si](C(C)C)(C(C)C)O1. The van der Waals surface area contributed by atoms with Gasteiger partial charge in [0.15, 0.2) is 0 Å². The van der Waals surface area contributed by atoms with Crippen LogP contribution in [0.2, 0.25) is 32.5 Å². The van der Waals surface area contributed by atoms with Gasteiger partial charge in [-0.15, -0.1) is 0 Å². The number of halogens is 2. The average molecular weight is 523 g/mol. The van der Waals surface area contributed by atoms with Gasteiger partial charge in [0.25, 0.3) is 0 Å². The first-order valence-electron chi connectivity index (χ1n) is 11.5. The number of hydrogen-bond acceptors (Lipinski definition) is 6. The maximum Gasteiger partial charge on any atom is 0.335 e. The summed E-state index contributed by atoms with van der Waals surface area (Å²) in [6.07, 6.45) is -2.61. The first kappa shape index (κ1) is 26.6. The molecule has 6 nitrogen and oxygen atoms in total. The lowest BCUT2D eigenvalue weighted by Crippen LogP contribution is -2.65. The quantitative estimate of drug-likeness (QED) is 0.370. The maximum absolute atomic E-state index is 11.3. The smallest absolute Gasteiger partial charge is 0.335 e. The molecule has 4 unspecified atom stereocenters. The number of pyridine rings is 1. The van der Waals surface area contributed by atoms with Gasteiger partial charge >= 0.3 is 17.1 Å². The van der Waals surface area contributed by atoms with Gasteiger partial charge < -0.3 is 22.8 Å². The van der Waals surface area contributed by atoms with E-state index in [2.05, 4.69) is 60.4 Å². The number of aromatic nitrogens is 1. The molecule has 182 valence electrons. The fourth-order valence-electron chi connectivity index (χ4n) is 5.05. The summed E-state index contributed by atoms with van der Waals surface area (Å²) in [5.41, 5.74) is 1.41. The number of hydrogen-bond donors (Lipinski definition) is 1. The molecule has 0 amide bonds. The summed E-state index contributed by atoms with van der Waals surface area (Å²) in [6.45, 7) is 17.6. The zero-order valence-electron chi connectivity index (χ0n) is 20.3. The molecule has 2 fully saturated rings. The van der Waals surface area contributed by atoms with Gasteiger partial charge in [0.1, 0.15) is 34.7 Å². The lowest BCUT2D eigenvalue weighted by molar-refractivity contribution is -0.0391. The highest BCUT2D eigenvalue weighted by Crippen LogP contribution is 2.49. The molecule has 3 heterocycles. The van der Waals surface area contributed by atoms with Crippen LogP contribution in [0.1, 0.15) is 67.1 Å². The van der Waals surface area contributed by atoms with Crippen LogP contribution in [0, 0.1) is 0 Å². The molecule has 1 aromatic rings. The minimum absolute atomic E-state index is 0.168. The number of rotatable bonds is 5. The van der Waals surface area contributed by atoms with Crippen molar-refractivity contribution in [3.63, 3.8) is 0 Å². The summed E-state index contributed by atoms with van der Waals surface area (Å²) in [4.78, 5) is 4.12. The zero-order valence-corrected chi connectivity index (χ0v) is 23.8. The third kappa shape index (κ3) is 4.59. The highest BCUT2D eigenvalue weighted by Gasteiger charge is 2.61. The Balaban J connectivity index is 2.06. The molecule has 32 heavy (non-hydrogen) atoms. The Morgan fingerprint density at radius 1 is 0.938 bits per heavy atom. The van der Waals surface area contributed by atoms with Crippen LogP contribution >= 0.6 is 23.2 Å². The van der Waals surface area contributed by atoms with E-state index in [1.807, 2.05) is 0 Å². The number of aliphatic hydroxyl groups is 1. The van der Waals surface area contributed by atoms with Crippen LogP contribution in [0.3, 0.4) is 0 Å². The maximum atomic E-state index is 11.3. The fourth-order valence-corrected chi connectivity index (χ4v) is 16.7. The van der Waals surface area contributed by atoms with E-state index in [0.29, 0.717) is 17.3 Å². The third-order valence-electron chi connectivity index (χ3n) is 6.82. The lowest BCUT2D eigenvalue weighted by Gasteiger charge is -2.51. The molecule has 0 radical (unpaired) electrons. The Labute approximate surface area is 204 Å². The average Bonchev–Trinajstić information content (AvgIpc) is 2.96. The molecule has 2 aliphatic heterocycles. The molecule has 4 atom stereocenters. The Hall–Kier alpha value is -0.0362. The largest absolute Gasteiger partial charge is 0.414 e. The molecule has 0 aliphatic carbocycles. The van der Waals surface area contributed by atoms with Crippen molar-refractivity contribution in [3.8, 4) is 0 Å². The monoisotopic (exact) mass is 521 g/mol. The molecule has 1 aromatic heterocycles. The number of aliphatic hydroxyl groups excluding tert-OH is 1. The van der Waals surface area contributed by atoms with Crippen LogP contribution in [0.5, 0.6) is 0 Å². The first-order valence-corrected chi connectivity index (χ1v) is 16.2. The minimum atomic E-state index is -2.83. The van der Waals surface area contributed by atoms with Crippen molar-refractivity contribution < 1.29 is 22.8 Å². The second-order valence-electron chi connectivity index (χ2n) is 10.2. The summed E-state index contributed by atoms with van der Waals surface area (Å²) in [6, 6.07) is 3.40. The Bertz CT molecular complexity index is 795. The standard InChI is InChI=1S/C22H37Cl2NO5Si2/c1-12(2)31(13(3)4)27-11-17-21(29-32(30-31,14(5)6)15(7)8)19(26)20(28-17)16-9-10-18(23)25-22(16)24/h9-10,12-15,17,19-21,26H,11H2,1-8H3. The van der Waals surface area contributed by atoms with Crippen LogP contribution < -0.4 is 0 Å². The molecule has 3 rings (SSSR count). The van der Waals surface area contributed by atoms with Crippen molar-refractivity contribution >= 4 is 40.3 Å². The summed E-state index contributed by atoms with van der Waals surface area (Å²) in [7, 11) is -5.50. The van der Waals surface area contributed by atoms with Crippen LogP contribution in [0.15, 0.2) is 12.1 Å². The fraction of sp³-hybridized carbons (Fsp3) is 0.773. The van der Waals surface area contributed by atoms with Crippen LogP contribution in [0.25, 0.3) is 0 Å². The van der Waals surface area contributed by atoms with Gasteiger partial charge in [-0.1, -0.05) is 84.7 Å². The van der Waals surface area contributed by atoms with Crippen LogP contribution in [-0.2, 0) is 17.7 Å². The predicted molar refractivity (Wildman–Crippen MR) is 132 cm³/mol. The van der Waals surface area contributed by atoms with Crippen LogP contribution in [0.4, 0.5) is 0 Å². The van der Waals surface area contributed by atoms with Gasteiger partial charge in [0.2, 0.25) is 0 Å². The molecule has 2 aliphatic rings. The van der Waals surface area contributed by atoms with Crippen molar-refractivity contribution in [2.75, 3.05) is 6.61 Å². The molecule has 2 saturated heterocycles. The number of ether oxygens (including phenoxy) is 1. The van der Waals surface area contributed by atoms with E-state index in [-0.39, 0.29) is 27.3 Å². The van der Waals surface area contributed by atoms with E-state index < -0.39 is 41.5 Å². The van der Waals surface area contributed by atoms with E-state index >= 15 is 0 Å². The molecule has 1 N–H and O–H groups in total. The third-order valence-corrected chi connectivity index (χ3v) is 17.6. The van der Waals surface area contributed by atoms with Gasteiger partial charge in [-0.25, -0.2) is 4.98 Å². The van der Waals surface area contributed by atoms with Gasteiger partial charge in [-0.2, -0.15) is 0 Å². The van der Waals surface area contributed by atoms with Gasteiger partial charge in [-0.05, 0) is 28.2 Å². The lowest BCUT2D eigenvalue weighted by atomic mass is 10.0. The van der Waals surface area contributed by atoms with Gasteiger partial charge in [0.05, 0.1) is 6.61 Å². The van der Waals surface area contributed by atoms with E-state index in [1.165, 1.54) is 0 Å². The normalized spacial score (nSPS) is 30.1.